The zero-order valence-corrected chi connectivity index (χ0v) is 16.5. The van der Waals surface area contributed by atoms with Crippen LogP contribution in [0.1, 0.15) is 17.0 Å². The van der Waals surface area contributed by atoms with Crippen LogP contribution in [-0.4, -0.2) is 40.9 Å². The van der Waals surface area contributed by atoms with E-state index in [-0.39, 0.29) is 6.42 Å². The number of amides is 2. The van der Waals surface area contributed by atoms with Gasteiger partial charge in [0.1, 0.15) is 6.54 Å². The third-order valence-corrected chi connectivity index (χ3v) is 4.60. The van der Waals surface area contributed by atoms with Gasteiger partial charge < -0.3 is 10.6 Å². The summed E-state index contributed by atoms with van der Waals surface area (Å²) in [6, 6.07) is 4.99. The number of halogens is 5. The van der Waals surface area contributed by atoms with Gasteiger partial charge in [0.15, 0.2) is 0 Å². The van der Waals surface area contributed by atoms with E-state index in [1.54, 1.807) is 42.0 Å². The van der Waals surface area contributed by atoms with Gasteiger partial charge >= 0.3 is 6.18 Å². The maximum absolute atomic E-state index is 12.1. The standard InChI is InChI=1S/C17H17Cl2F3N4O2/c1-9-12(6-15(27)23-7-16(28)24-8-17(20,21)22)10(2)26(25-9)11-3-4-13(18)14(19)5-11/h3-5H,6-8H2,1-2H3,(H,23,27)(H,24,28). The van der Waals surface area contributed by atoms with Gasteiger partial charge in [0.25, 0.3) is 0 Å². The van der Waals surface area contributed by atoms with Crippen LogP contribution in [0.5, 0.6) is 0 Å². The summed E-state index contributed by atoms with van der Waals surface area (Å²) in [4.78, 5) is 23.4. The van der Waals surface area contributed by atoms with Gasteiger partial charge in [-0.3, -0.25) is 9.59 Å². The van der Waals surface area contributed by atoms with E-state index in [9.17, 15) is 22.8 Å². The van der Waals surface area contributed by atoms with Crippen molar-refractivity contribution in [2.24, 2.45) is 0 Å². The van der Waals surface area contributed by atoms with Crippen molar-refractivity contribution in [3.8, 4) is 5.69 Å². The molecule has 2 aromatic rings. The average Bonchev–Trinajstić information content (AvgIpc) is 2.88. The van der Waals surface area contributed by atoms with Gasteiger partial charge in [-0.05, 0) is 32.0 Å². The number of aromatic nitrogens is 2. The lowest BCUT2D eigenvalue weighted by atomic mass is 10.1. The Bertz CT molecular complexity index is 897. The Morgan fingerprint density at radius 1 is 1.11 bits per heavy atom. The number of nitrogens with one attached hydrogen (secondary N) is 2. The van der Waals surface area contributed by atoms with Crippen molar-refractivity contribution in [3.05, 3.63) is 45.2 Å². The van der Waals surface area contributed by atoms with Gasteiger partial charge in [-0.1, -0.05) is 23.2 Å². The molecule has 0 saturated carbocycles. The highest BCUT2D eigenvalue weighted by Gasteiger charge is 2.27. The summed E-state index contributed by atoms with van der Waals surface area (Å²) in [7, 11) is 0. The highest BCUT2D eigenvalue weighted by molar-refractivity contribution is 6.42. The van der Waals surface area contributed by atoms with E-state index in [1.807, 2.05) is 0 Å². The van der Waals surface area contributed by atoms with Crippen LogP contribution in [0, 0.1) is 13.8 Å². The van der Waals surface area contributed by atoms with Gasteiger partial charge in [-0.2, -0.15) is 18.3 Å². The number of nitrogens with zero attached hydrogens (tertiary/aromatic N) is 2. The number of hydrogen-bond donors (Lipinski definition) is 2. The third kappa shape index (κ3) is 5.87. The highest BCUT2D eigenvalue weighted by atomic mass is 35.5. The van der Waals surface area contributed by atoms with E-state index >= 15 is 0 Å². The molecule has 152 valence electrons. The monoisotopic (exact) mass is 436 g/mol. The first kappa shape index (κ1) is 22.0. The predicted molar refractivity (Wildman–Crippen MR) is 98.8 cm³/mol. The Hall–Kier alpha value is -2.26. The minimum atomic E-state index is -4.51. The van der Waals surface area contributed by atoms with Crippen molar-refractivity contribution in [1.82, 2.24) is 20.4 Å². The molecule has 0 bridgehead atoms. The summed E-state index contributed by atoms with van der Waals surface area (Å²) in [5.41, 5.74) is 2.58. The van der Waals surface area contributed by atoms with Crippen LogP contribution in [0.3, 0.4) is 0 Å². The molecular weight excluding hydrogens is 420 g/mol. The molecular formula is C17H17Cl2F3N4O2. The largest absolute Gasteiger partial charge is 0.405 e. The van der Waals surface area contributed by atoms with Crippen molar-refractivity contribution in [1.29, 1.82) is 0 Å². The molecule has 2 N–H and O–H groups in total. The molecule has 0 saturated heterocycles. The second kappa shape index (κ2) is 8.83. The predicted octanol–water partition coefficient (Wildman–Crippen LogP) is 3.13. The SMILES string of the molecule is Cc1nn(-c2ccc(Cl)c(Cl)c2)c(C)c1CC(=O)NCC(=O)NCC(F)(F)F. The van der Waals surface area contributed by atoms with Crippen molar-refractivity contribution in [2.75, 3.05) is 13.1 Å². The summed E-state index contributed by atoms with van der Waals surface area (Å²) < 4.78 is 37.8. The van der Waals surface area contributed by atoms with E-state index in [0.29, 0.717) is 32.7 Å². The molecule has 6 nitrogen and oxygen atoms in total. The maximum atomic E-state index is 12.1. The highest BCUT2D eigenvalue weighted by Crippen LogP contribution is 2.26. The molecule has 11 heteroatoms. The van der Waals surface area contributed by atoms with Crippen LogP contribution >= 0.6 is 23.2 Å². The Morgan fingerprint density at radius 3 is 2.39 bits per heavy atom. The van der Waals surface area contributed by atoms with Crippen LogP contribution in [0.2, 0.25) is 10.0 Å². The number of benzene rings is 1. The summed E-state index contributed by atoms with van der Waals surface area (Å²) in [6.07, 6.45) is -4.58. The van der Waals surface area contributed by atoms with Gasteiger partial charge in [-0.15, -0.1) is 0 Å². The molecule has 1 aromatic heterocycles. The van der Waals surface area contributed by atoms with Crippen LogP contribution in [0.15, 0.2) is 18.2 Å². The number of carbonyl (C=O) groups excluding carboxylic acids is 2. The Kier molecular flexibility index (Phi) is 6.95. The van der Waals surface area contributed by atoms with Crippen LogP contribution in [0.25, 0.3) is 5.69 Å². The van der Waals surface area contributed by atoms with E-state index in [4.69, 9.17) is 23.2 Å². The Labute approximate surface area is 169 Å². The first-order valence-electron chi connectivity index (χ1n) is 8.08. The average molecular weight is 437 g/mol. The number of hydrogen-bond acceptors (Lipinski definition) is 3. The van der Waals surface area contributed by atoms with E-state index in [2.05, 4.69) is 10.4 Å². The van der Waals surface area contributed by atoms with E-state index in [0.717, 1.165) is 0 Å². The molecule has 0 aliphatic rings. The fourth-order valence-corrected chi connectivity index (χ4v) is 2.75. The summed E-state index contributed by atoms with van der Waals surface area (Å²) in [5.74, 6) is -1.44. The first-order valence-corrected chi connectivity index (χ1v) is 8.84. The Morgan fingerprint density at radius 2 is 1.79 bits per heavy atom. The van der Waals surface area contributed by atoms with Gasteiger partial charge in [0, 0.05) is 11.3 Å². The molecule has 1 heterocycles. The fourth-order valence-electron chi connectivity index (χ4n) is 2.46. The molecule has 2 amide bonds. The third-order valence-electron chi connectivity index (χ3n) is 3.86. The first-order chi connectivity index (χ1) is 13.0. The summed E-state index contributed by atoms with van der Waals surface area (Å²) >= 11 is 11.9. The minimum Gasteiger partial charge on any atom is -0.347 e. The molecule has 0 fully saturated rings. The maximum Gasteiger partial charge on any atom is 0.405 e. The lowest BCUT2D eigenvalue weighted by molar-refractivity contribution is -0.138. The van der Waals surface area contributed by atoms with Crippen LogP contribution in [0.4, 0.5) is 13.2 Å². The minimum absolute atomic E-state index is 0.0778. The van der Waals surface area contributed by atoms with Crippen molar-refractivity contribution < 1.29 is 22.8 Å². The number of aryl methyl sites for hydroxylation is 1. The molecule has 2 rings (SSSR count). The fraction of sp³-hybridized carbons (Fsp3) is 0.353. The summed E-state index contributed by atoms with van der Waals surface area (Å²) in [6.45, 7) is 1.49. The normalized spacial score (nSPS) is 11.4. The van der Waals surface area contributed by atoms with Crippen molar-refractivity contribution in [3.63, 3.8) is 0 Å². The second-order valence-electron chi connectivity index (χ2n) is 6.01. The smallest absolute Gasteiger partial charge is 0.347 e. The number of alkyl halides is 3. The Balaban J connectivity index is 2.02. The molecule has 0 unspecified atom stereocenters. The van der Waals surface area contributed by atoms with Gasteiger partial charge in [-0.25, -0.2) is 4.68 Å². The quantitative estimate of drug-likeness (QED) is 0.730. The zero-order valence-electron chi connectivity index (χ0n) is 15.0. The lowest BCUT2D eigenvalue weighted by Crippen LogP contribution is -2.41. The number of carbonyl (C=O) groups is 2. The zero-order chi connectivity index (χ0) is 21.1. The molecule has 0 atom stereocenters. The van der Waals surface area contributed by atoms with Gasteiger partial charge in [0.05, 0.1) is 34.4 Å². The van der Waals surface area contributed by atoms with Crippen molar-refractivity contribution in [2.45, 2.75) is 26.4 Å². The lowest BCUT2D eigenvalue weighted by Gasteiger charge is -2.09. The summed E-state index contributed by atoms with van der Waals surface area (Å²) in [5, 5.41) is 9.12. The van der Waals surface area contributed by atoms with E-state index < -0.39 is 31.1 Å². The van der Waals surface area contributed by atoms with Crippen LogP contribution < -0.4 is 10.6 Å². The molecule has 0 spiro atoms. The van der Waals surface area contributed by atoms with E-state index in [1.165, 1.54) is 0 Å². The molecule has 0 aliphatic heterocycles. The molecule has 1 aromatic carbocycles. The topological polar surface area (TPSA) is 76.0 Å². The van der Waals surface area contributed by atoms with Crippen molar-refractivity contribution >= 4 is 35.0 Å². The number of rotatable bonds is 6. The van der Waals surface area contributed by atoms with Gasteiger partial charge in [0.2, 0.25) is 11.8 Å². The molecule has 0 aliphatic carbocycles. The molecule has 0 radical (unpaired) electrons. The molecule has 28 heavy (non-hydrogen) atoms. The second-order valence-corrected chi connectivity index (χ2v) is 6.82. The van der Waals surface area contributed by atoms with Crippen LogP contribution in [-0.2, 0) is 16.0 Å².